The van der Waals surface area contributed by atoms with E-state index in [2.05, 4.69) is 9.97 Å². The lowest BCUT2D eigenvalue weighted by atomic mass is 10.1. The van der Waals surface area contributed by atoms with E-state index >= 15 is 0 Å². The van der Waals surface area contributed by atoms with Gasteiger partial charge in [-0.1, -0.05) is 12.1 Å². The van der Waals surface area contributed by atoms with Gasteiger partial charge < -0.3 is 4.40 Å². The maximum Gasteiger partial charge on any atom is 0.155 e. The van der Waals surface area contributed by atoms with E-state index in [4.69, 9.17) is 0 Å². The molecular formula is C13H10FN3. The molecule has 3 aromatic rings. The molecule has 17 heavy (non-hydrogen) atoms. The summed E-state index contributed by atoms with van der Waals surface area (Å²) in [5, 5.41) is 0. The van der Waals surface area contributed by atoms with Crippen LogP contribution in [0.3, 0.4) is 0 Å². The van der Waals surface area contributed by atoms with E-state index in [-0.39, 0.29) is 5.82 Å². The number of fused-ring (bicyclic) bond motifs is 1. The molecule has 0 saturated heterocycles. The largest absolute Gasteiger partial charge is 0.304 e. The normalized spacial score (nSPS) is 10.9. The van der Waals surface area contributed by atoms with Crippen molar-refractivity contribution in [2.24, 2.45) is 0 Å². The van der Waals surface area contributed by atoms with Gasteiger partial charge in [0.2, 0.25) is 0 Å². The number of aryl methyl sites for hydroxylation is 1. The van der Waals surface area contributed by atoms with Crippen LogP contribution in [0.5, 0.6) is 0 Å². The minimum atomic E-state index is -0.210. The third-order valence-electron chi connectivity index (χ3n) is 2.73. The van der Waals surface area contributed by atoms with Crippen LogP contribution >= 0.6 is 0 Å². The quantitative estimate of drug-likeness (QED) is 0.640. The summed E-state index contributed by atoms with van der Waals surface area (Å²) in [6, 6.07) is 5.13. The van der Waals surface area contributed by atoms with Crippen molar-refractivity contribution in [3.05, 3.63) is 54.4 Å². The summed E-state index contributed by atoms with van der Waals surface area (Å²) in [4.78, 5) is 8.38. The van der Waals surface area contributed by atoms with E-state index in [9.17, 15) is 4.39 Å². The minimum absolute atomic E-state index is 0.210. The third-order valence-corrected chi connectivity index (χ3v) is 2.73. The first-order chi connectivity index (χ1) is 8.24. The molecule has 3 nitrogen and oxygen atoms in total. The summed E-state index contributed by atoms with van der Waals surface area (Å²) in [7, 11) is 0. The molecule has 0 atom stereocenters. The molecule has 0 N–H and O–H groups in total. The molecule has 0 radical (unpaired) electrons. The van der Waals surface area contributed by atoms with Crippen LogP contribution in [0.15, 0.2) is 43.0 Å². The Labute approximate surface area is 97.6 Å². The molecule has 84 valence electrons. The van der Waals surface area contributed by atoms with E-state index in [1.54, 1.807) is 25.4 Å². The van der Waals surface area contributed by atoms with Crippen molar-refractivity contribution in [1.82, 2.24) is 14.4 Å². The van der Waals surface area contributed by atoms with Crippen LogP contribution in [-0.2, 0) is 0 Å². The minimum Gasteiger partial charge on any atom is -0.304 e. The van der Waals surface area contributed by atoms with Crippen molar-refractivity contribution in [3.63, 3.8) is 0 Å². The van der Waals surface area contributed by atoms with Crippen molar-refractivity contribution in [3.8, 4) is 11.3 Å². The van der Waals surface area contributed by atoms with Gasteiger partial charge in [-0.15, -0.1) is 0 Å². The SMILES string of the molecule is Cc1ccc(-c2cn3ccncc3n2)cc1F. The summed E-state index contributed by atoms with van der Waals surface area (Å²) < 4.78 is 15.3. The van der Waals surface area contributed by atoms with E-state index in [0.717, 1.165) is 16.9 Å². The van der Waals surface area contributed by atoms with Crippen LogP contribution in [0, 0.1) is 12.7 Å². The van der Waals surface area contributed by atoms with Crippen molar-refractivity contribution in [2.75, 3.05) is 0 Å². The highest BCUT2D eigenvalue weighted by Crippen LogP contribution is 2.21. The van der Waals surface area contributed by atoms with Crippen LogP contribution in [0.4, 0.5) is 4.39 Å². The first-order valence-corrected chi connectivity index (χ1v) is 5.29. The lowest BCUT2D eigenvalue weighted by Gasteiger charge is -1.99. The van der Waals surface area contributed by atoms with Crippen LogP contribution < -0.4 is 0 Å². The molecule has 0 amide bonds. The second-order valence-corrected chi connectivity index (χ2v) is 3.93. The van der Waals surface area contributed by atoms with Crippen molar-refractivity contribution in [1.29, 1.82) is 0 Å². The topological polar surface area (TPSA) is 30.2 Å². The van der Waals surface area contributed by atoms with Crippen LogP contribution in [0.2, 0.25) is 0 Å². The molecule has 0 aliphatic carbocycles. The Hall–Kier alpha value is -2.23. The fraction of sp³-hybridized carbons (Fsp3) is 0.0769. The van der Waals surface area contributed by atoms with Gasteiger partial charge in [-0.3, -0.25) is 4.98 Å². The zero-order valence-electron chi connectivity index (χ0n) is 9.26. The average Bonchev–Trinajstić information content (AvgIpc) is 2.76. The number of hydrogen-bond acceptors (Lipinski definition) is 2. The number of hydrogen-bond donors (Lipinski definition) is 0. The summed E-state index contributed by atoms with van der Waals surface area (Å²) in [6.07, 6.45) is 7.04. The first kappa shape index (κ1) is 9.96. The van der Waals surface area contributed by atoms with Gasteiger partial charge in [0, 0.05) is 24.2 Å². The Kier molecular flexibility index (Phi) is 2.14. The second kappa shape index (κ2) is 3.66. The van der Waals surface area contributed by atoms with E-state index in [0.29, 0.717) is 5.56 Å². The Balaban J connectivity index is 2.17. The average molecular weight is 227 g/mol. The van der Waals surface area contributed by atoms with Gasteiger partial charge in [-0.25, -0.2) is 9.37 Å². The summed E-state index contributed by atoms with van der Waals surface area (Å²) >= 11 is 0. The number of imidazole rings is 1. The molecule has 2 heterocycles. The molecule has 3 rings (SSSR count). The van der Waals surface area contributed by atoms with Crippen LogP contribution in [0.25, 0.3) is 16.9 Å². The molecule has 0 spiro atoms. The number of rotatable bonds is 1. The third kappa shape index (κ3) is 1.67. The fourth-order valence-corrected chi connectivity index (χ4v) is 1.73. The van der Waals surface area contributed by atoms with Gasteiger partial charge in [-0.05, 0) is 18.6 Å². The molecule has 4 heteroatoms. The monoisotopic (exact) mass is 227 g/mol. The number of halogens is 1. The maximum absolute atomic E-state index is 13.5. The fourth-order valence-electron chi connectivity index (χ4n) is 1.73. The molecule has 2 aromatic heterocycles. The molecule has 0 aliphatic rings. The zero-order chi connectivity index (χ0) is 11.8. The van der Waals surface area contributed by atoms with Crippen LogP contribution in [0.1, 0.15) is 5.56 Å². The maximum atomic E-state index is 13.5. The van der Waals surface area contributed by atoms with Gasteiger partial charge >= 0.3 is 0 Å². The van der Waals surface area contributed by atoms with E-state index < -0.39 is 0 Å². The van der Waals surface area contributed by atoms with E-state index in [1.165, 1.54) is 6.07 Å². The van der Waals surface area contributed by atoms with Crippen molar-refractivity contribution >= 4 is 5.65 Å². The smallest absolute Gasteiger partial charge is 0.155 e. The predicted octanol–water partition coefficient (Wildman–Crippen LogP) is 2.84. The van der Waals surface area contributed by atoms with Gasteiger partial charge in [0.25, 0.3) is 0 Å². The predicted molar refractivity (Wildman–Crippen MR) is 63.1 cm³/mol. The number of benzene rings is 1. The highest BCUT2D eigenvalue weighted by molar-refractivity contribution is 5.62. The lowest BCUT2D eigenvalue weighted by molar-refractivity contribution is 0.619. The summed E-state index contributed by atoms with van der Waals surface area (Å²) in [5.41, 5.74) is 2.91. The highest BCUT2D eigenvalue weighted by atomic mass is 19.1. The van der Waals surface area contributed by atoms with Gasteiger partial charge in [0.1, 0.15) is 5.82 Å². The Bertz CT molecular complexity index is 655. The van der Waals surface area contributed by atoms with Crippen molar-refractivity contribution in [2.45, 2.75) is 6.92 Å². The molecule has 0 saturated carbocycles. The van der Waals surface area contributed by atoms with Gasteiger partial charge in [0.05, 0.1) is 11.9 Å². The first-order valence-electron chi connectivity index (χ1n) is 5.29. The highest BCUT2D eigenvalue weighted by Gasteiger charge is 2.06. The Morgan fingerprint density at radius 3 is 2.94 bits per heavy atom. The summed E-state index contributed by atoms with van der Waals surface area (Å²) in [5.74, 6) is -0.210. The molecule has 0 aliphatic heterocycles. The number of aromatic nitrogens is 3. The number of nitrogens with zero attached hydrogens (tertiary/aromatic N) is 3. The van der Waals surface area contributed by atoms with Gasteiger partial charge in [0.15, 0.2) is 5.65 Å². The van der Waals surface area contributed by atoms with E-state index in [1.807, 2.05) is 22.9 Å². The Morgan fingerprint density at radius 1 is 1.29 bits per heavy atom. The molecule has 0 bridgehead atoms. The molecule has 1 aromatic carbocycles. The van der Waals surface area contributed by atoms with Crippen LogP contribution in [-0.4, -0.2) is 14.4 Å². The zero-order valence-corrected chi connectivity index (χ0v) is 9.26. The van der Waals surface area contributed by atoms with Gasteiger partial charge in [-0.2, -0.15) is 0 Å². The molecular weight excluding hydrogens is 217 g/mol. The lowest BCUT2D eigenvalue weighted by Crippen LogP contribution is -1.84. The Morgan fingerprint density at radius 2 is 2.18 bits per heavy atom. The standard InChI is InChI=1S/C13H10FN3/c1-9-2-3-10(6-11(9)14)12-8-17-5-4-15-7-13(17)16-12/h2-8H,1H3. The molecule has 0 fully saturated rings. The summed E-state index contributed by atoms with van der Waals surface area (Å²) in [6.45, 7) is 1.74. The second-order valence-electron chi connectivity index (χ2n) is 3.93. The van der Waals surface area contributed by atoms with Crippen molar-refractivity contribution < 1.29 is 4.39 Å². The molecule has 0 unspecified atom stereocenters.